The van der Waals surface area contributed by atoms with Gasteiger partial charge < -0.3 is 9.84 Å². The maximum absolute atomic E-state index is 11.0. The molecule has 0 aliphatic carbocycles. The van der Waals surface area contributed by atoms with Crippen molar-refractivity contribution in [2.24, 2.45) is 5.41 Å². The molecule has 72 valence electrons. The summed E-state index contributed by atoms with van der Waals surface area (Å²) >= 11 is 0. The van der Waals surface area contributed by atoms with Crippen molar-refractivity contribution in [3.63, 3.8) is 0 Å². The Balaban J connectivity index is 4.23. The van der Waals surface area contributed by atoms with Gasteiger partial charge >= 0.3 is 5.97 Å². The van der Waals surface area contributed by atoms with E-state index in [2.05, 4.69) is 4.74 Å². The van der Waals surface area contributed by atoms with Gasteiger partial charge in [0.25, 0.3) is 0 Å². The van der Waals surface area contributed by atoms with Crippen LogP contribution >= 0.6 is 0 Å². The van der Waals surface area contributed by atoms with Crippen LogP contribution in [0.5, 0.6) is 0 Å². The Morgan fingerprint density at radius 3 is 2.42 bits per heavy atom. The lowest BCUT2D eigenvalue weighted by atomic mass is 9.82. The molecule has 0 radical (unpaired) electrons. The van der Waals surface area contributed by atoms with Gasteiger partial charge in [-0.15, -0.1) is 0 Å². The van der Waals surface area contributed by atoms with E-state index < -0.39 is 12.1 Å². The number of aliphatic hydroxyl groups is 1. The fourth-order valence-corrected chi connectivity index (χ4v) is 1.21. The molecular formula is C9H18O3. The standard InChI is InChI=1S/C9H18O3/c1-5-6-9(2,3)7(10)8(11)12-4/h7,10H,5-6H2,1-4H3. The average Bonchev–Trinajstić information content (AvgIpc) is 2.01. The van der Waals surface area contributed by atoms with Gasteiger partial charge in [0.15, 0.2) is 6.10 Å². The van der Waals surface area contributed by atoms with Crippen LogP contribution in [-0.2, 0) is 9.53 Å². The molecule has 0 saturated carbocycles. The predicted octanol–water partition coefficient (Wildman–Crippen LogP) is 1.35. The quantitative estimate of drug-likeness (QED) is 0.654. The van der Waals surface area contributed by atoms with E-state index in [1.54, 1.807) is 0 Å². The minimum absolute atomic E-state index is 0.387. The van der Waals surface area contributed by atoms with Gasteiger partial charge in [-0.3, -0.25) is 0 Å². The molecule has 0 saturated heterocycles. The predicted molar refractivity (Wildman–Crippen MR) is 46.7 cm³/mol. The molecule has 0 spiro atoms. The third-order valence-electron chi connectivity index (χ3n) is 2.06. The van der Waals surface area contributed by atoms with Crippen LogP contribution in [0.3, 0.4) is 0 Å². The van der Waals surface area contributed by atoms with Crippen molar-refractivity contribution in [2.45, 2.75) is 39.7 Å². The van der Waals surface area contributed by atoms with Crippen molar-refractivity contribution in [1.82, 2.24) is 0 Å². The number of ether oxygens (including phenoxy) is 1. The minimum atomic E-state index is -1.01. The molecule has 0 rings (SSSR count). The monoisotopic (exact) mass is 174 g/mol. The maximum Gasteiger partial charge on any atom is 0.335 e. The molecule has 1 atom stereocenters. The first kappa shape index (κ1) is 11.4. The number of esters is 1. The second kappa shape index (κ2) is 4.45. The van der Waals surface area contributed by atoms with Gasteiger partial charge in [0.2, 0.25) is 0 Å². The summed E-state index contributed by atoms with van der Waals surface area (Å²) in [6, 6.07) is 0. The van der Waals surface area contributed by atoms with Gasteiger partial charge in [0, 0.05) is 5.41 Å². The number of methoxy groups -OCH3 is 1. The van der Waals surface area contributed by atoms with E-state index in [0.29, 0.717) is 0 Å². The Morgan fingerprint density at radius 2 is 2.08 bits per heavy atom. The lowest BCUT2D eigenvalue weighted by Gasteiger charge is -2.27. The first-order chi connectivity index (χ1) is 5.45. The summed E-state index contributed by atoms with van der Waals surface area (Å²) in [6.07, 6.45) is 0.743. The second-order valence-electron chi connectivity index (χ2n) is 3.66. The number of carbonyl (C=O) groups is 1. The Kier molecular flexibility index (Phi) is 4.24. The Hall–Kier alpha value is -0.570. The molecule has 0 fully saturated rings. The molecule has 0 amide bonds. The smallest absolute Gasteiger partial charge is 0.335 e. The normalized spacial score (nSPS) is 14.1. The van der Waals surface area contributed by atoms with Crippen molar-refractivity contribution in [1.29, 1.82) is 0 Å². The third kappa shape index (κ3) is 2.81. The van der Waals surface area contributed by atoms with Crippen molar-refractivity contribution in [3.8, 4) is 0 Å². The van der Waals surface area contributed by atoms with Crippen LogP contribution in [0.4, 0.5) is 0 Å². The summed E-state index contributed by atoms with van der Waals surface area (Å²) in [4.78, 5) is 11.0. The highest BCUT2D eigenvalue weighted by Crippen LogP contribution is 2.27. The highest BCUT2D eigenvalue weighted by atomic mass is 16.5. The SMILES string of the molecule is CCCC(C)(C)C(O)C(=O)OC. The number of aliphatic hydroxyl groups excluding tert-OH is 1. The molecule has 0 aromatic rings. The van der Waals surface area contributed by atoms with E-state index in [1.807, 2.05) is 20.8 Å². The minimum Gasteiger partial charge on any atom is -0.467 e. The number of hydrogen-bond donors (Lipinski definition) is 1. The summed E-state index contributed by atoms with van der Waals surface area (Å²) in [5.41, 5.74) is -0.387. The summed E-state index contributed by atoms with van der Waals surface area (Å²) in [5.74, 6) is -0.548. The van der Waals surface area contributed by atoms with Gasteiger partial charge in [-0.25, -0.2) is 4.79 Å². The highest BCUT2D eigenvalue weighted by molar-refractivity contribution is 5.75. The van der Waals surface area contributed by atoms with Crippen LogP contribution in [0, 0.1) is 5.41 Å². The lowest BCUT2D eigenvalue weighted by Crippen LogP contribution is -2.37. The number of rotatable bonds is 4. The summed E-state index contributed by atoms with van der Waals surface area (Å²) < 4.78 is 4.46. The zero-order chi connectivity index (χ0) is 9.78. The Bertz CT molecular complexity index is 152. The number of hydrogen-bond acceptors (Lipinski definition) is 3. The lowest BCUT2D eigenvalue weighted by molar-refractivity contribution is -0.157. The first-order valence-electron chi connectivity index (χ1n) is 4.21. The van der Waals surface area contributed by atoms with Crippen molar-refractivity contribution in [2.75, 3.05) is 7.11 Å². The van der Waals surface area contributed by atoms with Gasteiger partial charge in [0.1, 0.15) is 0 Å². The Labute approximate surface area is 73.7 Å². The van der Waals surface area contributed by atoms with Crippen molar-refractivity contribution < 1.29 is 14.6 Å². The molecule has 0 bridgehead atoms. The molecule has 0 aliphatic heterocycles. The van der Waals surface area contributed by atoms with Gasteiger partial charge in [-0.2, -0.15) is 0 Å². The van der Waals surface area contributed by atoms with Gasteiger partial charge in [-0.05, 0) is 6.42 Å². The van der Waals surface area contributed by atoms with Crippen LogP contribution in [0.2, 0.25) is 0 Å². The highest BCUT2D eigenvalue weighted by Gasteiger charge is 2.33. The summed E-state index contributed by atoms with van der Waals surface area (Å²) in [5, 5.41) is 9.50. The first-order valence-corrected chi connectivity index (χ1v) is 4.21. The van der Waals surface area contributed by atoms with Crippen molar-refractivity contribution in [3.05, 3.63) is 0 Å². The summed E-state index contributed by atoms with van der Waals surface area (Å²) in [6.45, 7) is 5.74. The molecule has 0 aliphatic rings. The van der Waals surface area contributed by atoms with Crippen LogP contribution in [0.15, 0.2) is 0 Å². The molecule has 3 nitrogen and oxygen atoms in total. The zero-order valence-corrected chi connectivity index (χ0v) is 8.26. The molecule has 3 heteroatoms. The third-order valence-corrected chi connectivity index (χ3v) is 2.06. The Morgan fingerprint density at radius 1 is 1.58 bits per heavy atom. The largest absolute Gasteiger partial charge is 0.467 e. The zero-order valence-electron chi connectivity index (χ0n) is 8.26. The molecule has 12 heavy (non-hydrogen) atoms. The van der Waals surface area contributed by atoms with E-state index >= 15 is 0 Å². The fourth-order valence-electron chi connectivity index (χ4n) is 1.21. The summed E-state index contributed by atoms with van der Waals surface area (Å²) in [7, 11) is 1.29. The topological polar surface area (TPSA) is 46.5 Å². The number of carbonyl (C=O) groups excluding carboxylic acids is 1. The van der Waals surface area contributed by atoms with E-state index in [0.717, 1.165) is 12.8 Å². The molecular weight excluding hydrogens is 156 g/mol. The van der Waals surface area contributed by atoms with Gasteiger partial charge in [0.05, 0.1) is 7.11 Å². The van der Waals surface area contributed by atoms with Crippen LogP contribution in [0.25, 0.3) is 0 Å². The van der Waals surface area contributed by atoms with Crippen LogP contribution in [-0.4, -0.2) is 24.3 Å². The molecule has 0 aromatic carbocycles. The van der Waals surface area contributed by atoms with E-state index in [9.17, 15) is 9.90 Å². The van der Waals surface area contributed by atoms with Crippen LogP contribution < -0.4 is 0 Å². The van der Waals surface area contributed by atoms with Gasteiger partial charge in [-0.1, -0.05) is 27.2 Å². The van der Waals surface area contributed by atoms with E-state index in [1.165, 1.54) is 7.11 Å². The molecule has 0 aromatic heterocycles. The molecule has 1 unspecified atom stereocenters. The van der Waals surface area contributed by atoms with Crippen molar-refractivity contribution >= 4 is 5.97 Å². The molecule has 0 heterocycles. The van der Waals surface area contributed by atoms with Crippen LogP contribution in [0.1, 0.15) is 33.6 Å². The fraction of sp³-hybridized carbons (Fsp3) is 0.889. The maximum atomic E-state index is 11.0. The van der Waals surface area contributed by atoms with E-state index in [4.69, 9.17) is 0 Å². The second-order valence-corrected chi connectivity index (χ2v) is 3.66. The van der Waals surface area contributed by atoms with E-state index in [-0.39, 0.29) is 5.41 Å². The average molecular weight is 174 g/mol. The molecule has 1 N–H and O–H groups in total.